The minimum Gasteiger partial charge on any atom is -0.295 e. The van der Waals surface area contributed by atoms with Crippen molar-refractivity contribution in [3.8, 4) is 0 Å². The molecule has 0 saturated heterocycles. The molecule has 20 heavy (non-hydrogen) atoms. The van der Waals surface area contributed by atoms with E-state index in [4.69, 9.17) is 5.14 Å². The molecule has 2 N–H and O–H groups in total. The van der Waals surface area contributed by atoms with Gasteiger partial charge in [-0.1, -0.05) is 19.8 Å². The third-order valence-corrected chi connectivity index (χ3v) is 4.74. The molecule has 1 aliphatic rings. The van der Waals surface area contributed by atoms with Gasteiger partial charge in [-0.25, -0.2) is 13.6 Å². The standard InChI is InChI=1S/C13H24N4O2S/c1-9-5-7-10(8-6-9)11-15-16-12(20(14,18)19)17(11)13(2,3)4/h9-10H,5-8H2,1-4H3,(H2,14,18,19). The topological polar surface area (TPSA) is 90.9 Å². The lowest BCUT2D eigenvalue weighted by molar-refractivity contribution is 0.298. The van der Waals surface area contributed by atoms with Gasteiger partial charge in [-0.2, -0.15) is 0 Å². The lowest BCUT2D eigenvalue weighted by Crippen LogP contribution is -2.31. The number of hydrogen-bond acceptors (Lipinski definition) is 4. The molecule has 0 unspecified atom stereocenters. The number of primary sulfonamides is 1. The van der Waals surface area contributed by atoms with E-state index in [9.17, 15) is 8.42 Å². The van der Waals surface area contributed by atoms with Crippen molar-refractivity contribution in [1.29, 1.82) is 0 Å². The first kappa shape index (κ1) is 15.4. The highest BCUT2D eigenvalue weighted by Crippen LogP contribution is 2.37. The number of rotatable bonds is 2. The number of sulfonamides is 1. The molecule has 1 fully saturated rings. The first-order valence-corrected chi connectivity index (χ1v) is 8.64. The molecule has 0 radical (unpaired) electrons. The van der Waals surface area contributed by atoms with Crippen molar-refractivity contribution in [2.24, 2.45) is 11.1 Å². The summed E-state index contributed by atoms with van der Waals surface area (Å²) in [5.41, 5.74) is -0.413. The Labute approximate surface area is 120 Å². The monoisotopic (exact) mass is 300 g/mol. The van der Waals surface area contributed by atoms with Gasteiger partial charge in [0, 0.05) is 11.5 Å². The van der Waals surface area contributed by atoms with Crippen LogP contribution in [0.15, 0.2) is 5.16 Å². The molecule has 2 rings (SSSR count). The van der Waals surface area contributed by atoms with Gasteiger partial charge in [-0.05, 0) is 39.5 Å². The summed E-state index contributed by atoms with van der Waals surface area (Å²) in [5, 5.41) is 13.1. The van der Waals surface area contributed by atoms with E-state index in [1.54, 1.807) is 4.57 Å². The largest absolute Gasteiger partial charge is 0.295 e. The Kier molecular flexibility index (Phi) is 3.94. The summed E-state index contributed by atoms with van der Waals surface area (Å²) < 4.78 is 25.1. The summed E-state index contributed by atoms with van der Waals surface area (Å²) in [7, 11) is -3.86. The van der Waals surface area contributed by atoms with Crippen LogP contribution in [0.3, 0.4) is 0 Å². The third kappa shape index (κ3) is 3.03. The van der Waals surface area contributed by atoms with Crippen LogP contribution in [0.5, 0.6) is 0 Å². The average Bonchev–Trinajstić information content (AvgIpc) is 2.73. The highest BCUT2D eigenvalue weighted by molar-refractivity contribution is 7.89. The maximum atomic E-state index is 11.7. The van der Waals surface area contributed by atoms with Crippen LogP contribution >= 0.6 is 0 Å². The van der Waals surface area contributed by atoms with Crippen molar-refractivity contribution in [2.45, 2.75) is 70.0 Å². The van der Waals surface area contributed by atoms with Crippen LogP contribution in [-0.2, 0) is 15.6 Å². The SMILES string of the molecule is CC1CCC(c2nnc(S(N)(=O)=O)n2C(C)(C)C)CC1. The number of aromatic nitrogens is 3. The molecule has 0 bridgehead atoms. The predicted molar refractivity (Wildman–Crippen MR) is 76.8 cm³/mol. The molecule has 1 aliphatic carbocycles. The lowest BCUT2D eigenvalue weighted by Gasteiger charge is -2.30. The number of nitrogens with zero attached hydrogens (tertiary/aromatic N) is 3. The van der Waals surface area contributed by atoms with Gasteiger partial charge < -0.3 is 0 Å². The minimum atomic E-state index is -3.86. The maximum absolute atomic E-state index is 11.7. The zero-order valence-corrected chi connectivity index (χ0v) is 13.4. The van der Waals surface area contributed by atoms with Gasteiger partial charge in [-0.3, -0.25) is 4.57 Å². The molecule has 0 aliphatic heterocycles. The zero-order chi connectivity index (χ0) is 15.1. The zero-order valence-electron chi connectivity index (χ0n) is 12.6. The molecule has 1 aromatic heterocycles. The minimum absolute atomic E-state index is 0.126. The molecule has 114 valence electrons. The summed E-state index contributed by atoms with van der Waals surface area (Å²) in [6.45, 7) is 8.08. The van der Waals surface area contributed by atoms with E-state index in [0.29, 0.717) is 0 Å². The Bertz CT molecular complexity index is 578. The van der Waals surface area contributed by atoms with Crippen molar-refractivity contribution < 1.29 is 8.42 Å². The van der Waals surface area contributed by atoms with Gasteiger partial charge in [0.05, 0.1) is 0 Å². The first-order valence-electron chi connectivity index (χ1n) is 7.09. The van der Waals surface area contributed by atoms with Crippen LogP contribution in [0.4, 0.5) is 0 Å². The molecular weight excluding hydrogens is 276 g/mol. The van der Waals surface area contributed by atoms with E-state index in [1.807, 2.05) is 20.8 Å². The fourth-order valence-electron chi connectivity index (χ4n) is 2.88. The number of hydrogen-bond donors (Lipinski definition) is 1. The molecule has 1 saturated carbocycles. The van der Waals surface area contributed by atoms with Gasteiger partial charge in [0.25, 0.3) is 15.2 Å². The van der Waals surface area contributed by atoms with E-state index >= 15 is 0 Å². The van der Waals surface area contributed by atoms with Crippen molar-refractivity contribution in [1.82, 2.24) is 14.8 Å². The first-order chi connectivity index (χ1) is 9.10. The third-order valence-electron chi connectivity index (χ3n) is 3.96. The quantitative estimate of drug-likeness (QED) is 0.904. The Morgan fingerprint density at radius 2 is 1.70 bits per heavy atom. The van der Waals surface area contributed by atoms with E-state index in [0.717, 1.165) is 37.4 Å². The molecular formula is C13H24N4O2S. The molecule has 6 nitrogen and oxygen atoms in total. The van der Waals surface area contributed by atoms with Crippen molar-refractivity contribution >= 4 is 10.0 Å². The van der Waals surface area contributed by atoms with Gasteiger partial charge in [-0.15, -0.1) is 10.2 Å². The molecule has 7 heteroatoms. The fraction of sp³-hybridized carbons (Fsp3) is 0.846. The van der Waals surface area contributed by atoms with Crippen molar-refractivity contribution in [3.63, 3.8) is 0 Å². The highest BCUT2D eigenvalue weighted by atomic mass is 32.2. The Balaban J connectivity index is 2.47. The molecule has 0 spiro atoms. The molecule has 0 amide bonds. The van der Waals surface area contributed by atoms with Crippen LogP contribution in [-0.4, -0.2) is 23.2 Å². The Morgan fingerprint density at radius 1 is 1.15 bits per heavy atom. The van der Waals surface area contributed by atoms with Gasteiger partial charge in [0.1, 0.15) is 5.82 Å². The predicted octanol–water partition coefficient (Wildman–Crippen LogP) is 1.97. The molecule has 1 aromatic rings. The number of nitrogens with two attached hydrogens (primary N) is 1. The van der Waals surface area contributed by atoms with E-state index < -0.39 is 15.6 Å². The summed E-state index contributed by atoms with van der Waals surface area (Å²) in [6, 6.07) is 0. The van der Waals surface area contributed by atoms with E-state index in [1.165, 1.54) is 0 Å². The second kappa shape index (κ2) is 5.11. The van der Waals surface area contributed by atoms with Crippen LogP contribution in [0.1, 0.15) is 65.1 Å². The second-order valence-electron chi connectivity index (χ2n) is 6.85. The highest BCUT2D eigenvalue weighted by Gasteiger charge is 2.33. The fourth-order valence-corrected chi connectivity index (χ4v) is 3.66. The van der Waals surface area contributed by atoms with E-state index in [-0.39, 0.29) is 11.1 Å². The van der Waals surface area contributed by atoms with E-state index in [2.05, 4.69) is 17.1 Å². The average molecular weight is 300 g/mol. The van der Waals surface area contributed by atoms with Gasteiger partial charge in [0.15, 0.2) is 0 Å². The maximum Gasteiger partial charge on any atom is 0.273 e. The summed E-state index contributed by atoms with van der Waals surface area (Å²) in [5.74, 6) is 1.76. The Morgan fingerprint density at radius 3 is 2.15 bits per heavy atom. The van der Waals surface area contributed by atoms with Crippen LogP contribution < -0.4 is 5.14 Å². The van der Waals surface area contributed by atoms with Crippen molar-refractivity contribution in [2.75, 3.05) is 0 Å². The smallest absolute Gasteiger partial charge is 0.273 e. The van der Waals surface area contributed by atoms with Crippen LogP contribution in [0.2, 0.25) is 0 Å². The van der Waals surface area contributed by atoms with Crippen LogP contribution in [0, 0.1) is 5.92 Å². The van der Waals surface area contributed by atoms with Gasteiger partial charge >= 0.3 is 0 Å². The van der Waals surface area contributed by atoms with Gasteiger partial charge in [0.2, 0.25) is 0 Å². The lowest BCUT2D eigenvalue weighted by atomic mass is 9.82. The van der Waals surface area contributed by atoms with Crippen LogP contribution in [0.25, 0.3) is 0 Å². The summed E-state index contributed by atoms with van der Waals surface area (Å²) >= 11 is 0. The summed E-state index contributed by atoms with van der Waals surface area (Å²) in [4.78, 5) is 0. The molecule has 0 aromatic carbocycles. The van der Waals surface area contributed by atoms with Crippen molar-refractivity contribution in [3.05, 3.63) is 5.82 Å². The molecule has 0 atom stereocenters. The normalized spacial score (nSPS) is 24.9. The summed E-state index contributed by atoms with van der Waals surface area (Å²) in [6.07, 6.45) is 4.35. The second-order valence-corrected chi connectivity index (χ2v) is 8.30. The Hall–Kier alpha value is -0.950. The molecule has 1 heterocycles.